The van der Waals surface area contributed by atoms with Crippen LogP contribution in [0.1, 0.15) is 16.7 Å². The van der Waals surface area contributed by atoms with Crippen molar-refractivity contribution in [2.75, 3.05) is 7.11 Å². The van der Waals surface area contributed by atoms with E-state index in [0.717, 1.165) is 22.4 Å². The topological polar surface area (TPSA) is 54.1 Å². The van der Waals surface area contributed by atoms with Gasteiger partial charge in [0.15, 0.2) is 0 Å². The molecule has 1 aromatic heterocycles. The maximum Gasteiger partial charge on any atom is 0.224 e. The molecule has 4 nitrogen and oxygen atoms in total. The minimum atomic E-state index is 0.00658. The van der Waals surface area contributed by atoms with Gasteiger partial charge >= 0.3 is 0 Å². The van der Waals surface area contributed by atoms with Crippen molar-refractivity contribution in [2.24, 2.45) is 0 Å². The number of benzene rings is 1. The van der Waals surface area contributed by atoms with Crippen molar-refractivity contribution in [3.8, 4) is 5.75 Å². The summed E-state index contributed by atoms with van der Waals surface area (Å²) >= 11 is 0. The van der Waals surface area contributed by atoms with Gasteiger partial charge in [0, 0.05) is 18.9 Å². The lowest BCUT2D eigenvalue weighted by atomic mass is 10.1. The number of aromatic nitrogens is 1. The number of carbonyl (C=O) groups is 1. The molecule has 2 rings (SSSR count). The number of methoxy groups -OCH3 is 1. The lowest BCUT2D eigenvalue weighted by Crippen LogP contribution is -2.24. The molecule has 4 heteroatoms. The van der Waals surface area contributed by atoms with Crippen molar-refractivity contribution in [3.05, 3.63) is 53.3 Å². The normalized spacial score (nSPS) is 10.2. The molecule has 1 aromatic carbocycles. The summed E-state index contributed by atoms with van der Waals surface area (Å²) in [7, 11) is 1.64. The van der Waals surface area contributed by atoms with Gasteiger partial charge in [0.25, 0.3) is 0 Å². The Morgan fingerprint density at radius 2 is 2.16 bits per heavy atom. The van der Waals surface area contributed by atoms with E-state index in [9.17, 15) is 4.79 Å². The maximum absolute atomic E-state index is 11.8. The fourth-order valence-corrected chi connectivity index (χ4v) is 1.89. The Balaban J connectivity index is 1.91. The number of amides is 1. The number of carbonyl (C=O) groups excluding carboxylic acids is 1. The van der Waals surface area contributed by atoms with Gasteiger partial charge in [-0.2, -0.15) is 0 Å². The monoisotopic (exact) mass is 258 g/mol. The molecule has 0 fully saturated rings. The molecular weight excluding hydrogens is 240 g/mol. The molecule has 0 saturated heterocycles. The summed E-state index contributed by atoms with van der Waals surface area (Å²) in [6.45, 7) is 2.53. The molecule has 100 valence electrons. The minimum Gasteiger partial charge on any atom is -0.496 e. The number of rotatable bonds is 5. The van der Waals surface area contributed by atoms with E-state index in [2.05, 4.69) is 10.3 Å². The molecular formula is C15H18N2O2. The van der Waals surface area contributed by atoms with Gasteiger partial charge in [-0.05, 0) is 35.7 Å². The SMILES string of the molecule is COc1cc(CC(=O)NCc2cc[nH]c2)ccc1C. The van der Waals surface area contributed by atoms with Crippen molar-refractivity contribution in [2.45, 2.75) is 19.9 Å². The molecule has 0 atom stereocenters. The first-order valence-corrected chi connectivity index (χ1v) is 6.21. The first-order chi connectivity index (χ1) is 9.19. The summed E-state index contributed by atoms with van der Waals surface area (Å²) in [6, 6.07) is 7.77. The Hall–Kier alpha value is -2.23. The smallest absolute Gasteiger partial charge is 0.224 e. The quantitative estimate of drug-likeness (QED) is 0.863. The predicted octanol–water partition coefficient (Wildman–Crippen LogP) is 2.19. The summed E-state index contributed by atoms with van der Waals surface area (Å²) in [5, 5.41) is 2.89. The van der Waals surface area contributed by atoms with Gasteiger partial charge < -0.3 is 15.0 Å². The van der Waals surface area contributed by atoms with Crippen LogP contribution in [0.15, 0.2) is 36.7 Å². The number of hydrogen-bond donors (Lipinski definition) is 2. The summed E-state index contributed by atoms with van der Waals surface area (Å²) in [6.07, 6.45) is 4.07. The highest BCUT2D eigenvalue weighted by molar-refractivity contribution is 5.78. The van der Waals surface area contributed by atoms with Crippen LogP contribution in [0.5, 0.6) is 5.75 Å². The van der Waals surface area contributed by atoms with Crippen molar-refractivity contribution in [1.29, 1.82) is 0 Å². The molecule has 0 radical (unpaired) electrons. The van der Waals surface area contributed by atoms with E-state index < -0.39 is 0 Å². The molecule has 0 saturated carbocycles. The molecule has 1 amide bonds. The van der Waals surface area contributed by atoms with Gasteiger partial charge in [0.1, 0.15) is 5.75 Å². The van der Waals surface area contributed by atoms with E-state index in [1.54, 1.807) is 7.11 Å². The Labute approximate surface area is 112 Å². The van der Waals surface area contributed by atoms with Crippen LogP contribution in [-0.2, 0) is 17.8 Å². The summed E-state index contributed by atoms with van der Waals surface area (Å²) < 4.78 is 5.25. The lowest BCUT2D eigenvalue weighted by Gasteiger charge is -2.08. The van der Waals surface area contributed by atoms with Gasteiger partial charge in [0.2, 0.25) is 5.91 Å². The molecule has 0 aliphatic rings. The minimum absolute atomic E-state index is 0.00658. The highest BCUT2D eigenvalue weighted by atomic mass is 16.5. The third-order valence-corrected chi connectivity index (χ3v) is 2.99. The van der Waals surface area contributed by atoms with Crippen LogP contribution in [0.3, 0.4) is 0 Å². The largest absolute Gasteiger partial charge is 0.496 e. The first kappa shape index (κ1) is 13.2. The van der Waals surface area contributed by atoms with Crippen LogP contribution in [0.4, 0.5) is 0 Å². The fourth-order valence-electron chi connectivity index (χ4n) is 1.89. The summed E-state index contributed by atoms with van der Waals surface area (Å²) in [4.78, 5) is 14.8. The van der Waals surface area contributed by atoms with Crippen LogP contribution in [0, 0.1) is 6.92 Å². The molecule has 2 aromatic rings. The van der Waals surface area contributed by atoms with Gasteiger partial charge in [-0.25, -0.2) is 0 Å². The van der Waals surface area contributed by atoms with Gasteiger partial charge in [-0.15, -0.1) is 0 Å². The molecule has 0 aliphatic heterocycles. The zero-order valence-electron chi connectivity index (χ0n) is 11.2. The highest BCUT2D eigenvalue weighted by Gasteiger charge is 2.06. The second-order valence-corrected chi connectivity index (χ2v) is 4.48. The van der Waals surface area contributed by atoms with Crippen LogP contribution in [0.2, 0.25) is 0 Å². The van der Waals surface area contributed by atoms with Gasteiger partial charge in [0.05, 0.1) is 13.5 Å². The average molecular weight is 258 g/mol. The standard InChI is InChI=1S/C15H18N2O2/c1-11-3-4-12(7-14(11)19-2)8-15(18)17-10-13-5-6-16-9-13/h3-7,9,16H,8,10H2,1-2H3,(H,17,18). The van der Waals surface area contributed by atoms with Gasteiger partial charge in [-0.3, -0.25) is 4.79 Å². The summed E-state index contributed by atoms with van der Waals surface area (Å²) in [5.41, 5.74) is 3.09. The van der Waals surface area contributed by atoms with Crippen LogP contribution in [-0.4, -0.2) is 18.0 Å². The zero-order chi connectivity index (χ0) is 13.7. The number of ether oxygens (including phenoxy) is 1. The molecule has 0 bridgehead atoms. The fraction of sp³-hybridized carbons (Fsp3) is 0.267. The van der Waals surface area contributed by atoms with Crippen molar-refractivity contribution >= 4 is 5.91 Å². The van der Waals surface area contributed by atoms with E-state index in [4.69, 9.17) is 4.74 Å². The predicted molar refractivity (Wildman–Crippen MR) is 74.1 cm³/mol. The average Bonchev–Trinajstić information content (AvgIpc) is 2.92. The van der Waals surface area contributed by atoms with Crippen molar-refractivity contribution < 1.29 is 9.53 Å². The zero-order valence-corrected chi connectivity index (χ0v) is 11.2. The van der Waals surface area contributed by atoms with E-state index in [0.29, 0.717) is 13.0 Å². The Morgan fingerprint density at radius 1 is 1.32 bits per heavy atom. The Morgan fingerprint density at radius 3 is 2.84 bits per heavy atom. The molecule has 0 spiro atoms. The maximum atomic E-state index is 11.8. The van der Waals surface area contributed by atoms with Crippen molar-refractivity contribution in [1.82, 2.24) is 10.3 Å². The molecule has 0 aliphatic carbocycles. The lowest BCUT2D eigenvalue weighted by molar-refractivity contribution is -0.120. The van der Waals surface area contributed by atoms with E-state index in [-0.39, 0.29) is 5.91 Å². The third kappa shape index (κ3) is 3.61. The Bertz CT molecular complexity index is 547. The van der Waals surface area contributed by atoms with Crippen LogP contribution >= 0.6 is 0 Å². The molecule has 1 heterocycles. The second-order valence-electron chi connectivity index (χ2n) is 4.48. The van der Waals surface area contributed by atoms with E-state index in [1.165, 1.54) is 0 Å². The number of nitrogens with one attached hydrogen (secondary N) is 2. The molecule has 19 heavy (non-hydrogen) atoms. The highest BCUT2D eigenvalue weighted by Crippen LogP contribution is 2.19. The van der Waals surface area contributed by atoms with Gasteiger partial charge in [-0.1, -0.05) is 12.1 Å². The number of H-pyrrole nitrogens is 1. The van der Waals surface area contributed by atoms with Crippen LogP contribution in [0.25, 0.3) is 0 Å². The first-order valence-electron chi connectivity index (χ1n) is 6.21. The molecule has 2 N–H and O–H groups in total. The number of aromatic amines is 1. The third-order valence-electron chi connectivity index (χ3n) is 2.99. The van der Waals surface area contributed by atoms with E-state index in [1.807, 2.05) is 43.6 Å². The van der Waals surface area contributed by atoms with Crippen molar-refractivity contribution in [3.63, 3.8) is 0 Å². The Kier molecular flexibility index (Phi) is 4.23. The summed E-state index contributed by atoms with van der Waals surface area (Å²) in [5.74, 6) is 0.822. The van der Waals surface area contributed by atoms with E-state index >= 15 is 0 Å². The molecule has 0 unspecified atom stereocenters. The number of aryl methyl sites for hydroxylation is 1. The number of hydrogen-bond acceptors (Lipinski definition) is 2. The second kappa shape index (κ2) is 6.09. The van der Waals surface area contributed by atoms with Crippen LogP contribution < -0.4 is 10.1 Å².